The summed E-state index contributed by atoms with van der Waals surface area (Å²) in [5, 5.41) is 12.5. The van der Waals surface area contributed by atoms with Crippen molar-refractivity contribution < 1.29 is 0 Å². The highest BCUT2D eigenvalue weighted by Gasteiger charge is 2.27. The minimum absolute atomic E-state index is 0.628. The molecule has 2 aliphatic rings. The fourth-order valence-corrected chi connectivity index (χ4v) is 13.2. The smallest absolute Gasteiger partial charge is 0.0546 e. The Morgan fingerprint density at radius 2 is 0.622 bits per heavy atom. The second-order valence-electron chi connectivity index (χ2n) is 21.3. The van der Waals surface area contributed by atoms with Crippen molar-refractivity contribution in [3.8, 4) is 22.3 Å². The third-order valence-electron chi connectivity index (χ3n) is 16.9. The number of rotatable bonds is 10. The van der Waals surface area contributed by atoms with Crippen LogP contribution in [0.3, 0.4) is 0 Å². The lowest BCUT2D eigenvalue weighted by atomic mass is 9.84. The Bertz CT molecular complexity index is 3700. The van der Waals surface area contributed by atoms with Crippen molar-refractivity contribution in [1.82, 2.24) is 0 Å². The SMILES string of the molecule is c1ccc(-c2cc(N(c3ccc(C4CCCCC4)cc3)c3ccc4ccccc4c3)c3ccc4c(-c5ccccc5)cc(N(c5ccc(C6CCCCC6)cc5)c5ccc6ccccc6c5)c5ccc2c3c45)cc1. The zero-order chi connectivity index (χ0) is 49.0. The van der Waals surface area contributed by atoms with Crippen molar-refractivity contribution in [1.29, 1.82) is 0 Å². The molecule has 2 fully saturated rings. The van der Waals surface area contributed by atoms with Crippen LogP contribution in [0.15, 0.2) is 231 Å². The highest BCUT2D eigenvalue weighted by Crippen LogP contribution is 2.53. The first-order valence-electron chi connectivity index (χ1n) is 27.4. The number of anilines is 6. The van der Waals surface area contributed by atoms with Gasteiger partial charge >= 0.3 is 0 Å². The van der Waals surface area contributed by atoms with E-state index in [0.717, 1.165) is 11.4 Å². The lowest BCUT2D eigenvalue weighted by Gasteiger charge is -2.31. The molecule has 358 valence electrons. The molecule has 12 aromatic rings. The number of hydrogen-bond donors (Lipinski definition) is 0. The van der Waals surface area contributed by atoms with E-state index in [-0.39, 0.29) is 0 Å². The van der Waals surface area contributed by atoms with Crippen LogP contribution >= 0.6 is 0 Å². The van der Waals surface area contributed by atoms with E-state index in [1.165, 1.54) is 174 Å². The molecule has 0 amide bonds. The van der Waals surface area contributed by atoms with Crippen LogP contribution < -0.4 is 9.80 Å². The molecular formula is C72H60N2. The summed E-state index contributed by atoms with van der Waals surface area (Å²) in [5.41, 5.74) is 14.8. The maximum atomic E-state index is 2.55. The zero-order valence-corrected chi connectivity index (χ0v) is 42.1. The molecule has 0 saturated heterocycles. The maximum Gasteiger partial charge on any atom is 0.0546 e. The Morgan fingerprint density at radius 1 is 0.270 bits per heavy atom. The van der Waals surface area contributed by atoms with E-state index in [2.05, 4.69) is 240 Å². The average molecular weight is 953 g/mol. The van der Waals surface area contributed by atoms with Gasteiger partial charge in [0.15, 0.2) is 0 Å². The Labute approximate surface area is 435 Å². The highest BCUT2D eigenvalue weighted by atomic mass is 15.2. The predicted octanol–water partition coefficient (Wildman–Crippen LogP) is 21.3. The molecule has 74 heavy (non-hydrogen) atoms. The van der Waals surface area contributed by atoms with E-state index in [0.29, 0.717) is 11.8 Å². The molecule has 0 N–H and O–H groups in total. The molecule has 14 rings (SSSR count). The Balaban J connectivity index is 1.07. The first-order chi connectivity index (χ1) is 36.7. The van der Waals surface area contributed by atoms with E-state index >= 15 is 0 Å². The van der Waals surface area contributed by atoms with Crippen LogP contribution in [-0.2, 0) is 0 Å². The van der Waals surface area contributed by atoms with Gasteiger partial charge in [0.05, 0.1) is 11.4 Å². The molecule has 2 aliphatic carbocycles. The molecule has 12 aromatic carbocycles. The van der Waals surface area contributed by atoms with Crippen molar-refractivity contribution >= 4 is 88.0 Å². The van der Waals surface area contributed by atoms with Gasteiger partial charge in [0.25, 0.3) is 0 Å². The third kappa shape index (κ3) is 7.96. The molecule has 0 atom stereocenters. The first kappa shape index (κ1) is 44.5. The van der Waals surface area contributed by atoms with E-state index in [1.54, 1.807) is 0 Å². The summed E-state index contributed by atoms with van der Waals surface area (Å²) in [6, 6.07) is 87.7. The minimum atomic E-state index is 0.628. The van der Waals surface area contributed by atoms with Gasteiger partial charge in [0, 0.05) is 44.3 Å². The van der Waals surface area contributed by atoms with E-state index in [9.17, 15) is 0 Å². The van der Waals surface area contributed by atoms with Gasteiger partial charge in [-0.25, -0.2) is 0 Å². The second kappa shape index (κ2) is 19.0. The van der Waals surface area contributed by atoms with Gasteiger partial charge in [0.2, 0.25) is 0 Å². The molecular weight excluding hydrogens is 893 g/mol. The van der Waals surface area contributed by atoms with Gasteiger partial charge in [-0.2, -0.15) is 0 Å². The average Bonchev–Trinajstić information content (AvgIpc) is 3.49. The summed E-state index contributed by atoms with van der Waals surface area (Å²) in [6.45, 7) is 0. The summed E-state index contributed by atoms with van der Waals surface area (Å²) in [4.78, 5) is 5.09. The Morgan fingerprint density at radius 3 is 1.03 bits per heavy atom. The number of hydrogen-bond acceptors (Lipinski definition) is 2. The van der Waals surface area contributed by atoms with Crippen LogP contribution in [0.1, 0.15) is 87.2 Å². The monoisotopic (exact) mass is 952 g/mol. The lowest BCUT2D eigenvalue weighted by molar-refractivity contribution is 0.443. The summed E-state index contributed by atoms with van der Waals surface area (Å²) in [5.74, 6) is 1.26. The lowest BCUT2D eigenvalue weighted by Crippen LogP contribution is -2.13. The number of fused-ring (bicyclic) bond motifs is 2. The van der Waals surface area contributed by atoms with Crippen LogP contribution in [0, 0.1) is 0 Å². The molecule has 2 heteroatoms. The molecule has 0 heterocycles. The second-order valence-corrected chi connectivity index (χ2v) is 21.3. The standard InChI is InChI=1S/C72H60N2/c1-5-17-49(18-6-1)53-29-35-59(36-30-53)73(61-39-33-51-21-13-15-27-57(51)45-61)69-47-67(55-23-9-3-10-24-55)63-42-44-66-70(48-68(56-25-11-4-12-26-56)64-41-43-65(69)71(63)72(64)66)74(62-40-34-52-22-14-16-28-58(52)46-62)60-37-31-54(32-38-60)50-19-7-2-8-20-50/h3-4,9-16,21-50H,1-2,5-8,17-20H2. The predicted molar refractivity (Wildman–Crippen MR) is 317 cm³/mol. The molecule has 0 unspecified atom stereocenters. The summed E-state index contributed by atoms with van der Waals surface area (Å²) in [7, 11) is 0. The molecule has 0 aromatic heterocycles. The molecule has 0 radical (unpaired) electrons. The van der Waals surface area contributed by atoms with Crippen LogP contribution in [0.5, 0.6) is 0 Å². The van der Waals surface area contributed by atoms with E-state index < -0.39 is 0 Å². The van der Waals surface area contributed by atoms with Gasteiger partial charge in [-0.15, -0.1) is 0 Å². The zero-order valence-electron chi connectivity index (χ0n) is 42.1. The van der Waals surface area contributed by atoms with Gasteiger partial charge in [-0.05, 0) is 164 Å². The van der Waals surface area contributed by atoms with Crippen molar-refractivity contribution in [3.63, 3.8) is 0 Å². The fourth-order valence-electron chi connectivity index (χ4n) is 13.2. The number of nitrogens with zero attached hydrogens (tertiary/aromatic N) is 2. The molecule has 2 saturated carbocycles. The van der Waals surface area contributed by atoms with E-state index in [4.69, 9.17) is 0 Å². The van der Waals surface area contributed by atoms with Crippen molar-refractivity contribution in [2.45, 2.75) is 76.0 Å². The molecule has 2 nitrogen and oxygen atoms in total. The van der Waals surface area contributed by atoms with Crippen molar-refractivity contribution in [2.24, 2.45) is 0 Å². The first-order valence-corrected chi connectivity index (χ1v) is 27.4. The molecule has 0 aliphatic heterocycles. The summed E-state index contributed by atoms with van der Waals surface area (Å²) < 4.78 is 0. The van der Waals surface area contributed by atoms with Crippen molar-refractivity contribution in [2.75, 3.05) is 9.80 Å². The fraction of sp³-hybridized carbons (Fsp3) is 0.167. The summed E-state index contributed by atoms with van der Waals surface area (Å²) in [6.07, 6.45) is 13.1. The van der Waals surface area contributed by atoms with Gasteiger partial charge in [0.1, 0.15) is 0 Å². The Hall–Kier alpha value is -8.20. The van der Waals surface area contributed by atoms with Crippen LogP contribution in [0.4, 0.5) is 34.1 Å². The van der Waals surface area contributed by atoms with Crippen LogP contribution in [0.2, 0.25) is 0 Å². The van der Waals surface area contributed by atoms with Gasteiger partial charge < -0.3 is 9.80 Å². The van der Waals surface area contributed by atoms with Crippen LogP contribution in [-0.4, -0.2) is 0 Å². The quantitative estimate of drug-likeness (QED) is 0.126. The van der Waals surface area contributed by atoms with Crippen molar-refractivity contribution in [3.05, 3.63) is 242 Å². The van der Waals surface area contributed by atoms with Gasteiger partial charge in [-0.3, -0.25) is 0 Å². The van der Waals surface area contributed by atoms with Crippen LogP contribution in [0.25, 0.3) is 76.1 Å². The molecule has 0 bridgehead atoms. The largest absolute Gasteiger partial charge is 0.310 e. The Kier molecular flexibility index (Phi) is 11.4. The topological polar surface area (TPSA) is 6.48 Å². The van der Waals surface area contributed by atoms with E-state index in [1.807, 2.05) is 0 Å². The maximum absolute atomic E-state index is 2.55. The third-order valence-corrected chi connectivity index (χ3v) is 16.9. The minimum Gasteiger partial charge on any atom is -0.310 e. The van der Waals surface area contributed by atoms with Gasteiger partial charge in [-0.1, -0.05) is 208 Å². The number of benzene rings is 12. The summed E-state index contributed by atoms with van der Waals surface area (Å²) >= 11 is 0. The molecule has 0 spiro atoms. The highest BCUT2D eigenvalue weighted by molar-refractivity contribution is 6.32. The normalized spacial score (nSPS) is 14.6.